The van der Waals surface area contributed by atoms with Crippen LogP contribution in [-0.4, -0.2) is 92.9 Å². The summed E-state index contributed by atoms with van der Waals surface area (Å²) in [5, 5.41) is 0. The minimum absolute atomic E-state index is 0.0394. The summed E-state index contributed by atoms with van der Waals surface area (Å²) in [4.78, 5) is 53.1. The Hall–Kier alpha value is -2.79. The second-order valence-corrected chi connectivity index (χ2v) is 10.7. The number of imide groups is 1. The van der Waals surface area contributed by atoms with Gasteiger partial charge in [-0.15, -0.1) is 0 Å². The molecule has 0 saturated carbocycles. The van der Waals surface area contributed by atoms with Crippen molar-refractivity contribution in [2.75, 3.05) is 44.9 Å². The van der Waals surface area contributed by atoms with Gasteiger partial charge in [0.2, 0.25) is 0 Å². The molecule has 3 rings (SSSR count). The van der Waals surface area contributed by atoms with Crippen LogP contribution in [0.5, 0.6) is 0 Å². The Balaban J connectivity index is 1.64. The summed E-state index contributed by atoms with van der Waals surface area (Å²) < 4.78 is 33.8. The number of esters is 1. The fraction of sp³-hybridized carbons (Fsp3) is 0.565. The smallest absolute Gasteiger partial charge is 0.338 e. The molecular weight excluding hydrogens is 464 g/mol. The number of methoxy groups -OCH3 is 1. The topological polar surface area (TPSA) is 127 Å². The minimum Gasteiger partial charge on any atom is -0.452 e. The molecule has 11 heteroatoms. The van der Waals surface area contributed by atoms with Crippen molar-refractivity contribution in [3.8, 4) is 0 Å². The molecule has 3 amide bonds. The van der Waals surface area contributed by atoms with Crippen molar-refractivity contribution in [2.24, 2.45) is 0 Å². The number of carbonyl (C=O) groups is 4. The van der Waals surface area contributed by atoms with Crippen LogP contribution in [0.15, 0.2) is 18.2 Å². The van der Waals surface area contributed by atoms with Crippen molar-refractivity contribution < 1.29 is 37.1 Å². The van der Waals surface area contributed by atoms with Gasteiger partial charge in [0.1, 0.15) is 0 Å². The molecule has 34 heavy (non-hydrogen) atoms. The average Bonchev–Trinajstić information content (AvgIpc) is 3.29. The maximum absolute atomic E-state index is 12.8. The van der Waals surface area contributed by atoms with Gasteiger partial charge in [-0.05, 0) is 37.5 Å². The minimum atomic E-state index is -3.17. The lowest BCUT2D eigenvalue weighted by molar-refractivity contribution is -0.136. The van der Waals surface area contributed by atoms with E-state index in [-0.39, 0.29) is 34.7 Å². The van der Waals surface area contributed by atoms with E-state index >= 15 is 0 Å². The number of fused-ring (bicyclic) bond motifs is 1. The van der Waals surface area contributed by atoms with Gasteiger partial charge in [0, 0.05) is 32.8 Å². The molecule has 0 aromatic heterocycles. The van der Waals surface area contributed by atoms with Crippen molar-refractivity contribution in [1.29, 1.82) is 0 Å². The molecule has 2 heterocycles. The lowest BCUT2D eigenvalue weighted by Crippen LogP contribution is -2.43. The van der Waals surface area contributed by atoms with E-state index in [1.54, 1.807) is 0 Å². The number of carbonyl (C=O) groups excluding carboxylic acids is 4. The van der Waals surface area contributed by atoms with Crippen LogP contribution in [0.1, 0.15) is 63.7 Å². The second kappa shape index (κ2) is 11.1. The Kier molecular flexibility index (Phi) is 8.42. The maximum atomic E-state index is 12.8. The number of unbranched alkanes of at least 4 members (excludes halogenated alkanes) is 1. The Morgan fingerprint density at radius 1 is 1.15 bits per heavy atom. The lowest BCUT2D eigenvalue weighted by Gasteiger charge is -2.28. The third kappa shape index (κ3) is 5.82. The summed E-state index contributed by atoms with van der Waals surface area (Å²) in [6, 6.07) is 3.67. The SMILES string of the molecule is CCCCN(C(=O)COC(=O)c1ccc2c(c1)C(=O)N(CCCOC)C2=O)C1CCS(=O)(=O)C1. The molecule has 0 radical (unpaired) electrons. The van der Waals surface area contributed by atoms with Crippen LogP contribution in [-0.2, 0) is 24.1 Å². The summed E-state index contributed by atoms with van der Waals surface area (Å²) in [7, 11) is -1.64. The number of benzene rings is 1. The largest absolute Gasteiger partial charge is 0.452 e. The molecule has 10 nitrogen and oxygen atoms in total. The van der Waals surface area contributed by atoms with Crippen molar-refractivity contribution in [2.45, 2.75) is 38.6 Å². The number of nitrogens with zero attached hydrogens (tertiary/aromatic N) is 2. The zero-order valence-electron chi connectivity index (χ0n) is 19.4. The van der Waals surface area contributed by atoms with Crippen LogP contribution in [0.4, 0.5) is 0 Å². The Morgan fingerprint density at radius 3 is 2.53 bits per heavy atom. The van der Waals surface area contributed by atoms with E-state index in [2.05, 4.69) is 0 Å². The maximum Gasteiger partial charge on any atom is 0.338 e. The first kappa shape index (κ1) is 25.8. The fourth-order valence-electron chi connectivity index (χ4n) is 4.14. The van der Waals surface area contributed by atoms with Crippen molar-refractivity contribution in [3.63, 3.8) is 0 Å². The van der Waals surface area contributed by atoms with E-state index in [1.807, 2.05) is 6.92 Å². The number of ether oxygens (including phenoxy) is 2. The number of hydrogen-bond donors (Lipinski definition) is 0. The molecule has 0 aliphatic carbocycles. The fourth-order valence-corrected chi connectivity index (χ4v) is 5.87. The van der Waals surface area contributed by atoms with E-state index in [4.69, 9.17) is 9.47 Å². The van der Waals surface area contributed by atoms with Gasteiger partial charge in [-0.3, -0.25) is 19.3 Å². The Labute approximate surface area is 199 Å². The van der Waals surface area contributed by atoms with Gasteiger partial charge in [0.05, 0.1) is 28.2 Å². The van der Waals surface area contributed by atoms with Crippen LogP contribution in [0.3, 0.4) is 0 Å². The zero-order chi connectivity index (χ0) is 24.9. The van der Waals surface area contributed by atoms with Gasteiger partial charge in [-0.2, -0.15) is 0 Å². The molecule has 1 unspecified atom stereocenters. The highest BCUT2D eigenvalue weighted by Crippen LogP contribution is 2.25. The van der Waals surface area contributed by atoms with Crippen molar-refractivity contribution in [3.05, 3.63) is 34.9 Å². The Morgan fingerprint density at radius 2 is 1.88 bits per heavy atom. The van der Waals surface area contributed by atoms with Crippen LogP contribution in [0, 0.1) is 0 Å². The molecule has 1 saturated heterocycles. The zero-order valence-corrected chi connectivity index (χ0v) is 20.3. The van der Waals surface area contributed by atoms with Gasteiger partial charge in [-0.1, -0.05) is 13.3 Å². The molecule has 1 atom stereocenters. The molecule has 1 aromatic rings. The van der Waals surface area contributed by atoms with Gasteiger partial charge >= 0.3 is 5.97 Å². The van der Waals surface area contributed by atoms with E-state index < -0.39 is 46.2 Å². The highest BCUT2D eigenvalue weighted by Gasteiger charge is 2.36. The summed E-state index contributed by atoms with van der Waals surface area (Å²) in [5.74, 6) is -2.22. The monoisotopic (exact) mass is 494 g/mol. The molecule has 0 N–H and O–H groups in total. The predicted octanol–water partition coefficient (Wildman–Crippen LogP) is 1.29. The van der Waals surface area contributed by atoms with Crippen molar-refractivity contribution >= 4 is 33.5 Å². The standard InChI is InChI=1S/C23H30N2O8S/c1-3-4-9-24(17-8-12-34(30,31)15-17)20(26)14-33-23(29)16-6-7-18-19(13-16)22(28)25(21(18)27)10-5-11-32-2/h6-7,13,17H,3-5,8-12,14-15H2,1-2H3. The first-order chi connectivity index (χ1) is 16.2. The molecule has 2 aliphatic heterocycles. The van der Waals surface area contributed by atoms with Crippen LogP contribution >= 0.6 is 0 Å². The summed E-state index contributed by atoms with van der Waals surface area (Å²) in [6.45, 7) is 2.43. The summed E-state index contributed by atoms with van der Waals surface area (Å²) >= 11 is 0. The number of sulfone groups is 1. The number of amides is 3. The molecule has 1 fully saturated rings. The average molecular weight is 495 g/mol. The third-order valence-electron chi connectivity index (χ3n) is 5.99. The second-order valence-electron chi connectivity index (χ2n) is 8.44. The summed E-state index contributed by atoms with van der Waals surface area (Å²) in [5.41, 5.74) is 0.377. The molecule has 0 bridgehead atoms. The highest BCUT2D eigenvalue weighted by atomic mass is 32.2. The predicted molar refractivity (Wildman–Crippen MR) is 122 cm³/mol. The highest BCUT2D eigenvalue weighted by molar-refractivity contribution is 7.91. The van der Waals surface area contributed by atoms with Gasteiger partial charge in [0.15, 0.2) is 16.4 Å². The summed E-state index contributed by atoms with van der Waals surface area (Å²) in [6.07, 6.45) is 2.40. The first-order valence-corrected chi connectivity index (χ1v) is 13.2. The van der Waals surface area contributed by atoms with Crippen molar-refractivity contribution in [1.82, 2.24) is 9.80 Å². The van der Waals surface area contributed by atoms with E-state index in [1.165, 1.54) is 30.2 Å². The van der Waals surface area contributed by atoms with E-state index in [0.717, 1.165) is 11.3 Å². The Bertz CT molecular complexity index is 1070. The quantitative estimate of drug-likeness (QED) is 0.256. The van der Waals surface area contributed by atoms with Gasteiger partial charge in [-0.25, -0.2) is 13.2 Å². The normalized spacial score (nSPS) is 18.8. The molecule has 2 aliphatic rings. The molecular formula is C23H30N2O8S. The number of hydrogen-bond acceptors (Lipinski definition) is 8. The molecule has 1 aromatic carbocycles. The molecule has 186 valence electrons. The van der Waals surface area contributed by atoms with Crippen LogP contribution < -0.4 is 0 Å². The van der Waals surface area contributed by atoms with Crippen LogP contribution in [0.2, 0.25) is 0 Å². The van der Waals surface area contributed by atoms with Gasteiger partial charge in [0.25, 0.3) is 17.7 Å². The van der Waals surface area contributed by atoms with Crippen LogP contribution in [0.25, 0.3) is 0 Å². The number of rotatable bonds is 11. The van der Waals surface area contributed by atoms with E-state index in [0.29, 0.717) is 32.4 Å². The lowest BCUT2D eigenvalue weighted by atomic mass is 10.1. The first-order valence-electron chi connectivity index (χ1n) is 11.3. The van der Waals surface area contributed by atoms with E-state index in [9.17, 15) is 27.6 Å². The molecule has 0 spiro atoms. The van der Waals surface area contributed by atoms with Gasteiger partial charge < -0.3 is 14.4 Å². The third-order valence-corrected chi connectivity index (χ3v) is 7.74.